The number of benzene rings is 2. The Morgan fingerprint density at radius 1 is 1.09 bits per heavy atom. The van der Waals surface area contributed by atoms with Crippen molar-refractivity contribution in [3.8, 4) is 0 Å². The highest BCUT2D eigenvalue weighted by atomic mass is 19.2. The second-order valence-corrected chi connectivity index (χ2v) is 10.2. The van der Waals surface area contributed by atoms with E-state index in [1.807, 2.05) is 18.2 Å². The largest absolute Gasteiger partial charge is 0.370 e. The Hall–Kier alpha value is -3.00. The van der Waals surface area contributed by atoms with Crippen LogP contribution >= 0.6 is 0 Å². The van der Waals surface area contributed by atoms with Gasteiger partial charge in [0.1, 0.15) is 5.54 Å². The van der Waals surface area contributed by atoms with Crippen LogP contribution in [-0.2, 0) is 11.2 Å². The van der Waals surface area contributed by atoms with E-state index in [1.165, 1.54) is 12.1 Å². The van der Waals surface area contributed by atoms with Gasteiger partial charge < -0.3 is 20.4 Å². The molecule has 2 aromatic rings. The molecule has 3 aliphatic heterocycles. The van der Waals surface area contributed by atoms with Gasteiger partial charge in [0.05, 0.1) is 19.0 Å². The number of aryl methyl sites for hydroxylation is 1. The predicted molar refractivity (Wildman–Crippen MR) is 132 cm³/mol. The van der Waals surface area contributed by atoms with Crippen molar-refractivity contribution in [1.29, 1.82) is 0 Å². The first-order valence-corrected chi connectivity index (χ1v) is 12.6. The molecule has 6 rings (SSSR count). The molecule has 3 saturated heterocycles. The lowest BCUT2D eigenvalue weighted by atomic mass is 9.80. The number of hydrogen-bond donors (Lipinski definition) is 2. The summed E-state index contributed by atoms with van der Waals surface area (Å²) in [5.41, 5.74) is 2.48. The maximum atomic E-state index is 13.9. The first kappa shape index (κ1) is 22.5. The van der Waals surface area contributed by atoms with Crippen molar-refractivity contribution in [2.45, 2.75) is 49.6 Å². The monoisotopic (exact) mass is 479 g/mol. The number of piperidine rings is 1. The van der Waals surface area contributed by atoms with Crippen molar-refractivity contribution in [1.82, 2.24) is 15.5 Å². The van der Waals surface area contributed by atoms with Gasteiger partial charge in [-0.2, -0.15) is 0 Å². The van der Waals surface area contributed by atoms with Crippen LogP contribution in [-0.4, -0.2) is 61.1 Å². The summed E-state index contributed by atoms with van der Waals surface area (Å²) < 4.78 is 27.5. The summed E-state index contributed by atoms with van der Waals surface area (Å²) in [4.78, 5) is 22.3. The Kier molecular flexibility index (Phi) is 5.71. The predicted octanol–water partition coefficient (Wildman–Crippen LogP) is 3.18. The second-order valence-electron chi connectivity index (χ2n) is 10.2. The molecule has 1 spiro atoms. The van der Waals surface area contributed by atoms with Crippen LogP contribution in [0.1, 0.15) is 42.7 Å². The topological polar surface area (TPSA) is 60.0 Å². The van der Waals surface area contributed by atoms with Crippen LogP contribution in [0, 0.1) is 11.6 Å². The van der Waals surface area contributed by atoms with Gasteiger partial charge >= 0.3 is 0 Å². The number of rotatable bonds is 4. The number of para-hydroxylation sites is 1. The van der Waals surface area contributed by atoms with Gasteiger partial charge in [0.2, 0.25) is 5.91 Å². The first-order valence-electron chi connectivity index (χ1n) is 12.6. The number of nitrogens with zero attached hydrogens (tertiary/aromatic N) is 3. The number of hydrogen-bond acceptors (Lipinski definition) is 4. The number of likely N-dealkylation sites (tertiary alicyclic amines) is 1. The third-order valence-corrected chi connectivity index (χ3v) is 8.36. The molecule has 2 N–H and O–H groups in total. The molecule has 3 fully saturated rings. The van der Waals surface area contributed by atoms with Crippen molar-refractivity contribution in [3.63, 3.8) is 0 Å². The molecular formula is C27H31F2N5O. The number of fused-ring (bicyclic) bond motifs is 3. The van der Waals surface area contributed by atoms with Crippen LogP contribution in [0.5, 0.6) is 0 Å². The fourth-order valence-corrected chi connectivity index (χ4v) is 6.42. The van der Waals surface area contributed by atoms with Gasteiger partial charge in [-0.15, -0.1) is 0 Å². The summed E-state index contributed by atoms with van der Waals surface area (Å²) in [6.45, 7) is 3.81. The van der Waals surface area contributed by atoms with Crippen LogP contribution in [0.2, 0.25) is 0 Å². The van der Waals surface area contributed by atoms with Crippen molar-refractivity contribution < 1.29 is 13.6 Å². The molecule has 6 nitrogen and oxygen atoms in total. The Bertz CT molecular complexity index is 1150. The zero-order chi connectivity index (χ0) is 24.0. The lowest BCUT2D eigenvalue weighted by Gasteiger charge is -2.43. The van der Waals surface area contributed by atoms with E-state index in [9.17, 15) is 13.6 Å². The maximum Gasteiger partial charge on any atom is 0.247 e. The van der Waals surface area contributed by atoms with Crippen LogP contribution in [0.4, 0.5) is 14.5 Å². The highest BCUT2D eigenvalue weighted by molar-refractivity contribution is 5.93. The van der Waals surface area contributed by atoms with Crippen LogP contribution in [0.15, 0.2) is 47.5 Å². The van der Waals surface area contributed by atoms with E-state index in [-0.39, 0.29) is 17.9 Å². The lowest BCUT2D eigenvalue weighted by Crippen LogP contribution is -2.56. The van der Waals surface area contributed by atoms with E-state index in [2.05, 4.69) is 32.6 Å². The zero-order valence-corrected chi connectivity index (χ0v) is 19.8. The molecule has 2 atom stereocenters. The third kappa shape index (κ3) is 3.97. The molecule has 0 radical (unpaired) electrons. The minimum absolute atomic E-state index is 0.135. The molecule has 2 aromatic carbocycles. The number of nitrogens with one attached hydrogen (secondary N) is 2. The number of halogens is 2. The van der Waals surface area contributed by atoms with E-state index in [0.29, 0.717) is 13.2 Å². The van der Waals surface area contributed by atoms with Gasteiger partial charge in [-0.1, -0.05) is 18.2 Å². The number of carbonyl (C=O) groups is 1. The molecule has 8 heteroatoms. The van der Waals surface area contributed by atoms with Crippen molar-refractivity contribution in [2.24, 2.45) is 4.99 Å². The number of anilines is 1. The van der Waals surface area contributed by atoms with Gasteiger partial charge in [0, 0.05) is 43.7 Å². The van der Waals surface area contributed by atoms with Gasteiger partial charge in [-0.05, 0) is 61.1 Å². The van der Waals surface area contributed by atoms with Crippen molar-refractivity contribution >= 4 is 17.4 Å². The SMILES string of the molecule is O=C1NCN(c2ccccc2)C12CCN(CCN=C1CC3c4cc(F)c(F)cc4CCC3N1)CC2. The average molecular weight is 480 g/mol. The van der Waals surface area contributed by atoms with E-state index in [0.717, 1.165) is 74.4 Å². The van der Waals surface area contributed by atoms with Crippen molar-refractivity contribution in [3.05, 3.63) is 65.2 Å². The summed E-state index contributed by atoms with van der Waals surface area (Å²) in [6, 6.07) is 13.2. The van der Waals surface area contributed by atoms with Crippen LogP contribution in [0.3, 0.4) is 0 Å². The molecule has 4 aliphatic rings. The minimum Gasteiger partial charge on any atom is -0.370 e. The summed E-state index contributed by atoms with van der Waals surface area (Å²) >= 11 is 0. The highest BCUT2D eigenvalue weighted by Crippen LogP contribution is 2.39. The van der Waals surface area contributed by atoms with E-state index >= 15 is 0 Å². The molecule has 0 saturated carbocycles. The molecule has 0 aromatic heterocycles. The average Bonchev–Trinajstić information content (AvgIpc) is 3.43. The normalized spacial score (nSPS) is 26.5. The Morgan fingerprint density at radius 2 is 1.86 bits per heavy atom. The summed E-state index contributed by atoms with van der Waals surface area (Å²) in [7, 11) is 0. The summed E-state index contributed by atoms with van der Waals surface area (Å²) in [5.74, 6) is -0.258. The number of amides is 1. The van der Waals surface area contributed by atoms with Gasteiger partial charge in [-0.25, -0.2) is 8.78 Å². The Morgan fingerprint density at radius 3 is 2.66 bits per heavy atom. The maximum absolute atomic E-state index is 13.9. The molecule has 1 amide bonds. The molecule has 1 aliphatic carbocycles. The fourth-order valence-electron chi connectivity index (χ4n) is 6.42. The Balaban J connectivity index is 1.05. The number of aliphatic imine (C=N–C) groups is 1. The minimum atomic E-state index is -0.764. The quantitative estimate of drug-likeness (QED) is 0.707. The van der Waals surface area contributed by atoms with E-state index in [1.54, 1.807) is 0 Å². The summed E-state index contributed by atoms with van der Waals surface area (Å²) in [6.07, 6.45) is 4.02. The van der Waals surface area contributed by atoms with E-state index in [4.69, 9.17) is 4.99 Å². The lowest BCUT2D eigenvalue weighted by molar-refractivity contribution is -0.125. The molecule has 184 valence electrons. The standard InChI is InChI=1S/C27H31F2N5O/c28-22-14-18-6-7-24-21(20(18)15-23(22)29)16-25(32-24)30-10-13-33-11-8-27(9-12-33)26(35)31-17-34(27)19-4-2-1-3-5-19/h1-5,14-15,21,24H,6-13,16-17H2,(H,30,32)(H,31,35). The van der Waals surface area contributed by atoms with E-state index < -0.39 is 17.2 Å². The first-order chi connectivity index (χ1) is 17.0. The number of amidine groups is 1. The van der Waals surface area contributed by atoms with Gasteiger partial charge in [0.25, 0.3) is 0 Å². The Labute approximate surface area is 204 Å². The number of carbonyl (C=O) groups excluding carboxylic acids is 1. The zero-order valence-electron chi connectivity index (χ0n) is 19.8. The molecule has 3 heterocycles. The molecule has 0 bridgehead atoms. The summed E-state index contributed by atoms with van der Waals surface area (Å²) in [5, 5.41) is 6.59. The van der Waals surface area contributed by atoms with Crippen LogP contribution in [0.25, 0.3) is 0 Å². The third-order valence-electron chi connectivity index (χ3n) is 8.36. The van der Waals surface area contributed by atoms with Gasteiger partial charge in [0.15, 0.2) is 11.6 Å². The molecular weight excluding hydrogens is 448 g/mol. The highest BCUT2D eigenvalue weighted by Gasteiger charge is 2.50. The van der Waals surface area contributed by atoms with Gasteiger partial charge in [-0.3, -0.25) is 9.79 Å². The van der Waals surface area contributed by atoms with Crippen LogP contribution < -0.4 is 15.5 Å². The second kappa shape index (κ2) is 8.90. The molecule has 35 heavy (non-hydrogen) atoms. The smallest absolute Gasteiger partial charge is 0.247 e. The van der Waals surface area contributed by atoms with Crippen molar-refractivity contribution in [2.75, 3.05) is 37.7 Å². The molecule has 2 unspecified atom stereocenters. The fraction of sp³-hybridized carbons (Fsp3) is 0.481.